The van der Waals surface area contributed by atoms with Gasteiger partial charge in [0, 0.05) is 32.3 Å². The lowest BCUT2D eigenvalue weighted by atomic mass is 9.80. The van der Waals surface area contributed by atoms with Gasteiger partial charge >= 0.3 is 23.9 Å². The van der Waals surface area contributed by atoms with Crippen LogP contribution in [0.15, 0.2) is 42.2 Å². The maximum atomic E-state index is 12.8. The van der Waals surface area contributed by atoms with Crippen molar-refractivity contribution in [2.75, 3.05) is 19.8 Å². The van der Waals surface area contributed by atoms with Gasteiger partial charge in [0.2, 0.25) is 6.29 Å². The molecule has 4 rings (SSSR count). The van der Waals surface area contributed by atoms with Crippen LogP contribution in [0.25, 0.3) is 6.08 Å². The van der Waals surface area contributed by atoms with Crippen molar-refractivity contribution in [3.05, 3.63) is 47.7 Å². The summed E-state index contributed by atoms with van der Waals surface area (Å²) < 4.78 is 39.1. The average molecular weight is 709 g/mol. The van der Waals surface area contributed by atoms with Gasteiger partial charge in [0.25, 0.3) is 0 Å². The number of aliphatic hydroxyl groups excluding tert-OH is 3. The molecule has 0 unspecified atom stereocenters. The number of esters is 4. The summed E-state index contributed by atoms with van der Waals surface area (Å²) in [5.41, 5.74) is -1.18. The van der Waals surface area contributed by atoms with E-state index in [1.54, 1.807) is 12.1 Å². The molecular weight excluding hydrogens is 664 g/mol. The molecule has 1 aromatic carbocycles. The van der Waals surface area contributed by atoms with E-state index < -0.39 is 97.6 Å². The molecule has 2 heterocycles. The largest absolute Gasteiger partial charge is 0.508 e. The Kier molecular flexibility index (Phi) is 13.0. The van der Waals surface area contributed by atoms with Crippen LogP contribution in [-0.4, -0.2) is 118 Å². The quantitative estimate of drug-likeness (QED) is 0.106. The van der Waals surface area contributed by atoms with Crippen LogP contribution in [0, 0.1) is 17.8 Å². The van der Waals surface area contributed by atoms with Crippen molar-refractivity contribution in [1.82, 2.24) is 0 Å². The monoisotopic (exact) mass is 708 g/mol. The molecule has 1 aromatic rings. The zero-order chi connectivity index (χ0) is 36.7. The zero-order valence-electron chi connectivity index (χ0n) is 28.1. The summed E-state index contributed by atoms with van der Waals surface area (Å²) in [7, 11) is 0. The molecule has 1 saturated heterocycles. The van der Waals surface area contributed by atoms with E-state index in [9.17, 15) is 44.7 Å². The van der Waals surface area contributed by atoms with E-state index >= 15 is 0 Å². The van der Waals surface area contributed by atoms with Crippen LogP contribution in [0.5, 0.6) is 5.75 Å². The van der Waals surface area contributed by atoms with E-state index in [1.165, 1.54) is 24.5 Å². The topological polar surface area (TPSA) is 234 Å². The van der Waals surface area contributed by atoms with Crippen molar-refractivity contribution in [3.63, 3.8) is 0 Å². The van der Waals surface area contributed by atoms with Crippen molar-refractivity contribution in [1.29, 1.82) is 0 Å². The molecule has 3 aliphatic rings. The minimum Gasteiger partial charge on any atom is -0.508 e. The molecule has 0 radical (unpaired) electrons. The lowest BCUT2D eigenvalue weighted by Crippen LogP contribution is -2.60. The van der Waals surface area contributed by atoms with Crippen LogP contribution < -0.4 is 0 Å². The molecule has 1 saturated carbocycles. The van der Waals surface area contributed by atoms with Gasteiger partial charge in [-0.15, -0.1) is 0 Å². The number of carbonyl (C=O) groups excluding carboxylic acids is 4. The summed E-state index contributed by atoms with van der Waals surface area (Å²) in [4.78, 5) is 49.3. The molecule has 2 fully saturated rings. The van der Waals surface area contributed by atoms with E-state index in [1.807, 2.05) is 13.8 Å². The lowest BCUT2D eigenvalue weighted by Gasteiger charge is -2.42. The summed E-state index contributed by atoms with van der Waals surface area (Å²) in [5.74, 6) is -4.92. The number of ether oxygens (including phenoxy) is 7. The minimum absolute atomic E-state index is 0.0284. The van der Waals surface area contributed by atoms with Gasteiger partial charge < -0.3 is 58.7 Å². The van der Waals surface area contributed by atoms with Gasteiger partial charge in [0.05, 0.1) is 25.4 Å². The normalized spacial score (nSPS) is 32.1. The van der Waals surface area contributed by atoms with Gasteiger partial charge in [-0.3, -0.25) is 14.4 Å². The number of phenolic OH excluding ortho intramolecular Hbond substituents is 1. The van der Waals surface area contributed by atoms with E-state index in [-0.39, 0.29) is 31.1 Å². The van der Waals surface area contributed by atoms with Gasteiger partial charge in [0.1, 0.15) is 42.4 Å². The Labute approximate surface area is 288 Å². The highest BCUT2D eigenvalue weighted by molar-refractivity contribution is 5.87. The first-order chi connectivity index (χ1) is 23.6. The molecule has 50 heavy (non-hydrogen) atoms. The number of fused-ring (bicyclic) bond motifs is 1. The van der Waals surface area contributed by atoms with Crippen LogP contribution in [-0.2, 0) is 52.3 Å². The number of rotatable bonds is 13. The average Bonchev–Trinajstić information content (AvgIpc) is 3.33. The van der Waals surface area contributed by atoms with Crippen LogP contribution in [0.4, 0.5) is 0 Å². The fraction of sp³-hybridized carbons (Fsp3) is 0.588. The molecule has 2 aliphatic heterocycles. The number of aromatic hydroxyl groups is 1. The smallest absolute Gasteiger partial charge is 0.331 e. The highest BCUT2D eigenvalue weighted by Crippen LogP contribution is 2.51. The highest BCUT2D eigenvalue weighted by Gasteiger charge is 2.63. The van der Waals surface area contributed by atoms with Crippen molar-refractivity contribution < 1.29 is 77.9 Å². The third-order valence-corrected chi connectivity index (χ3v) is 8.59. The van der Waals surface area contributed by atoms with Crippen LogP contribution in [0.1, 0.15) is 46.1 Å². The second kappa shape index (κ2) is 16.8. The molecule has 5 N–H and O–H groups in total. The number of aliphatic hydroxyl groups is 4. The van der Waals surface area contributed by atoms with Crippen LogP contribution in [0.3, 0.4) is 0 Å². The Morgan fingerprint density at radius 3 is 2.32 bits per heavy atom. The fourth-order valence-corrected chi connectivity index (χ4v) is 6.21. The van der Waals surface area contributed by atoms with Crippen molar-refractivity contribution in [2.24, 2.45) is 17.8 Å². The summed E-state index contributed by atoms with van der Waals surface area (Å²) in [6, 6.07) is 5.93. The Morgan fingerprint density at radius 1 is 1.00 bits per heavy atom. The summed E-state index contributed by atoms with van der Waals surface area (Å²) in [6.45, 7) is 4.19. The third kappa shape index (κ3) is 9.38. The molecule has 16 heteroatoms. The third-order valence-electron chi connectivity index (χ3n) is 8.59. The summed E-state index contributed by atoms with van der Waals surface area (Å²) in [5, 5.41) is 52.6. The molecule has 10 atom stereocenters. The molecule has 0 amide bonds. The molecule has 276 valence electrons. The Morgan fingerprint density at radius 2 is 1.70 bits per heavy atom. The molecule has 0 bridgehead atoms. The lowest BCUT2D eigenvalue weighted by molar-refractivity contribution is -0.302. The second-order valence-electron chi connectivity index (χ2n) is 12.9. The standard InChI is InChI=1S/C34H44O16/c1-17(2)11-27(40)50-32-28-23(12-25(47-19(4)37)34(28,43)16-46-18(3)36)21(14-44-32)15-45-33-31(30(42)29(41)24(13-35)48-33)49-26(39)10-7-20-5-8-22(38)9-6-20/h5-10,14,17,23-25,28-33,35,38,41-43H,11-13,15-16H2,1-4H3/b10-7+/t23-,24-,25+,28-,29-,30+,31-,32-,33+,34-/m1/s1. The van der Waals surface area contributed by atoms with Gasteiger partial charge in [-0.05, 0) is 41.7 Å². The maximum Gasteiger partial charge on any atom is 0.331 e. The molecular formula is C34H44O16. The Balaban J connectivity index is 1.58. The van der Waals surface area contributed by atoms with E-state index in [2.05, 4.69) is 0 Å². The van der Waals surface area contributed by atoms with Crippen molar-refractivity contribution in [2.45, 2.75) is 89.2 Å². The molecule has 0 aromatic heterocycles. The Hall–Kier alpha value is -4.06. The number of hydrogen-bond donors (Lipinski definition) is 5. The minimum atomic E-state index is -2.07. The highest BCUT2D eigenvalue weighted by atomic mass is 16.7. The molecule has 0 spiro atoms. The molecule has 16 nitrogen and oxygen atoms in total. The van der Waals surface area contributed by atoms with Gasteiger partial charge in [-0.1, -0.05) is 26.0 Å². The predicted molar refractivity (Wildman–Crippen MR) is 168 cm³/mol. The van der Waals surface area contributed by atoms with E-state index in [0.29, 0.717) is 11.1 Å². The first-order valence-electron chi connectivity index (χ1n) is 16.1. The Bertz CT molecular complexity index is 1420. The number of hydrogen-bond acceptors (Lipinski definition) is 16. The van der Waals surface area contributed by atoms with Crippen molar-refractivity contribution >= 4 is 30.0 Å². The SMILES string of the molecule is CC(=O)OC[C@]1(O)[C@H]2[C@@H](OC(=O)CC(C)C)OC=C(CO[C@H]3O[C@H](CO)[C@@H](O)[C@H](O)[C@H]3OC(=O)/C=C/c3ccc(O)cc3)[C@H]2C[C@@H]1OC(C)=O. The summed E-state index contributed by atoms with van der Waals surface area (Å²) >= 11 is 0. The number of phenols is 1. The van der Waals surface area contributed by atoms with Gasteiger partial charge in [0.15, 0.2) is 12.4 Å². The molecule has 1 aliphatic carbocycles. The van der Waals surface area contributed by atoms with Crippen LogP contribution in [0.2, 0.25) is 0 Å². The first kappa shape index (κ1) is 38.7. The first-order valence-corrected chi connectivity index (χ1v) is 16.1. The summed E-state index contributed by atoms with van der Waals surface area (Å²) in [6.07, 6.45) is -6.77. The van der Waals surface area contributed by atoms with Gasteiger partial charge in [-0.25, -0.2) is 4.79 Å². The number of benzene rings is 1. The number of carbonyl (C=O) groups is 4. The zero-order valence-corrected chi connectivity index (χ0v) is 28.1. The maximum absolute atomic E-state index is 12.8. The van der Waals surface area contributed by atoms with Gasteiger partial charge in [-0.2, -0.15) is 0 Å². The van der Waals surface area contributed by atoms with Crippen molar-refractivity contribution in [3.8, 4) is 5.75 Å². The fourth-order valence-electron chi connectivity index (χ4n) is 6.21. The second-order valence-corrected chi connectivity index (χ2v) is 12.9. The van der Waals surface area contributed by atoms with E-state index in [0.717, 1.165) is 19.9 Å². The van der Waals surface area contributed by atoms with Crippen LogP contribution >= 0.6 is 0 Å². The predicted octanol–water partition coefficient (Wildman–Crippen LogP) is 0.464. The van der Waals surface area contributed by atoms with E-state index in [4.69, 9.17) is 33.2 Å².